The van der Waals surface area contributed by atoms with Gasteiger partial charge in [-0.25, -0.2) is 4.79 Å². The van der Waals surface area contributed by atoms with Gasteiger partial charge in [-0.15, -0.1) is 0 Å². The van der Waals surface area contributed by atoms with E-state index in [9.17, 15) is 4.79 Å². The quantitative estimate of drug-likeness (QED) is 0.782. The fraction of sp³-hybridized carbons (Fsp3) is 0.562. The predicted octanol–water partition coefficient (Wildman–Crippen LogP) is 2.52. The van der Waals surface area contributed by atoms with Crippen LogP contribution in [0.15, 0.2) is 22.7 Å². The first-order chi connectivity index (χ1) is 10.2. The van der Waals surface area contributed by atoms with Crippen molar-refractivity contribution in [2.24, 2.45) is 0 Å². The van der Waals surface area contributed by atoms with E-state index in [0.717, 1.165) is 30.1 Å². The first-order valence-corrected chi connectivity index (χ1v) is 8.30. The van der Waals surface area contributed by atoms with Crippen molar-refractivity contribution in [1.29, 1.82) is 0 Å². The maximum Gasteiger partial charge on any atom is 0.337 e. The molecule has 1 atom stereocenters. The van der Waals surface area contributed by atoms with E-state index < -0.39 is 0 Å². The molecular formula is C16H21BrN2O2. The molecule has 2 aliphatic rings. The Morgan fingerprint density at radius 2 is 2.24 bits per heavy atom. The Hall–Kier alpha value is -0.910. The molecule has 0 aromatic heterocycles. The van der Waals surface area contributed by atoms with E-state index in [0.29, 0.717) is 5.56 Å². The lowest BCUT2D eigenvalue weighted by Crippen LogP contribution is -2.49. The molecule has 2 saturated heterocycles. The molecule has 0 N–H and O–H groups in total. The van der Waals surface area contributed by atoms with E-state index in [1.54, 1.807) is 0 Å². The van der Waals surface area contributed by atoms with Crippen LogP contribution in [0.1, 0.15) is 28.8 Å². The van der Waals surface area contributed by atoms with Crippen molar-refractivity contribution in [3.63, 3.8) is 0 Å². The summed E-state index contributed by atoms with van der Waals surface area (Å²) in [6.45, 7) is 5.68. The molecule has 0 bridgehead atoms. The summed E-state index contributed by atoms with van der Waals surface area (Å²) in [5.41, 5.74) is 1.82. The Balaban J connectivity index is 1.66. The van der Waals surface area contributed by atoms with Gasteiger partial charge in [-0.3, -0.25) is 9.80 Å². The van der Waals surface area contributed by atoms with Gasteiger partial charge in [0, 0.05) is 36.7 Å². The normalized spacial score (nSPS) is 23.0. The Bertz CT molecular complexity index is 535. The first kappa shape index (κ1) is 15.0. The van der Waals surface area contributed by atoms with Crippen molar-refractivity contribution in [3.8, 4) is 0 Å². The Morgan fingerprint density at radius 3 is 3.00 bits per heavy atom. The van der Waals surface area contributed by atoms with Gasteiger partial charge in [-0.05, 0) is 37.1 Å². The zero-order valence-electron chi connectivity index (χ0n) is 12.3. The van der Waals surface area contributed by atoms with E-state index in [1.165, 1.54) is 38.6 Å². The lowest BCUT2D eigenvalue weighted by atomic mass is 10.1. The van der Waals surface area contributed by atoms with E-state index in [-0.39, 0.29) is 5.97 Å². The molecule has 3 rings (SSSR count). The smallest absolute Gasteiger partial charge is 0.337 e. The van der Waals surface area contributed by atoms with Crippen LogP contribution >= 0.6 is 15.9 Å². The fourth-order valence-corrected chi connectivity index (χ4v) is 3.86. The fourth-order valence-electron chi connectivity index (χ4n) is 3.36. The average molecular weight is 353 g/mol. The summed E-state index contributed by atoms with van der Waals surface area (Å²) in [5, 5.41) is 0. The molecular weight excluding hydrogens is 332 g/mol. The summed E-state index contributed by atoms with van der Waals surface area (Å²) >= 11 is 3.58. The molecule has 0 spiro atoms. The number of carbonyl (C=O) groups excluding carboxylic acids is 1. The van der Waals surface area contributed by atoms with Crippen molar-refractivity contribution in [1.82, 2.24) is 9.80 Å². The molecule has 1 aromatic carbocycles. The van der Waals surface area contributed by atoms with E-state index in [4.69, 9.17) is 4.74 Å². The van der Waals surface area contributed by atoms with Crippen LogP contribution in [-0.2, 0) is 11.3 Å². The maximum atomic E-state index is 11.5. The highest BCUT2D eigenvalue weighted by molar-refractivity contribution is 9.10. The summed E-state index contributed by atoms with van der Waals surface area (Å²) < 4.78 is 5.74. The largest absolute Gasteiger partial charge is 0.465 e. The second-order valence-electron chi connectivity index (χ2n) is 5.86. The van der Waals surface area contributed by atoms with Crippen LogP contribution in [0, 0.1) is 0 Å². The monoisotopic (exact) mass is 352 g/mol. The number of fused-ring (bicyclic) bond motifs is 1. The van der Waals surface area contributed by atoms with Gasteiger partial charge < -0.3 is 4.74 Å². The van der Waals surface area contributed by atoms with Gasteiger partial charge in [0.1, 0.15) is 0 Å². The van der Waals surface area contributed by atoms with Crippen molar-refractivity contribution >= 4 is 21.9 Å². The van der Waals surface area contributed by atoms with Gasteiger partial charge in [-0.2, -0.15) is 0 Å². The SMILES string of the molecule is COC(=O)c1ccc(CN2CCN3CCCC3C2)c(Br)c1. The van der Waals surface area contributed by atoms with Crippen molar-refractivity contribution in [3.05, 3.63) is 33.8 Å². The number of ether oxygens (including phenoxy) is 1. The summed E-state index contributed by atoms with van der Waals surface area (Å²) in [6.07, 6.45) is 2.68. The van der Waals surface area contributed by atoms with Crippen LogP contribution in [0.2, 0.25) is 0 Å². The molecule has 2 aliphatic heterocycles. The predicted molar refractivity (Wildman–Crippen MR) is 85.4 cm³/mol. The number of carbonyl (C=O) groups is 1. The summed E-state index contributed by atoms with van der Waals surface area (Å²) in [6, 6.07) is 6.47. The molecule has 2 heterocycles. The minimum Gasteiger partial charge on any atom is -0.465 e. The molecule has 5 heteroatoms. The Kier molecular flexibility index (Phi) is 4.62. The molecule has 114 valence electrons. The van der Waals surface area contributed by atoms with Crippen LogP contribution in [0.5, 0.6) is 0 Å². The molecule has 0 saturated carbocycles. The number of piperazine rings is 1. The molecule has 0 aliphatic carbocycles. The number of hydrogen-bond acceptors (Lipinski definition) is 4. The summed E-state index contributed by atoms with van der Waals surface area (Å²) in [5.74, 6) is -0.290. The van der Waals surface area contributed by atoms with Gasteiger partial charge in [0.15, 0.2) is 0 Å². The lowest BCUT2D eigenvalue weighted by molar-refractivity contribution is 0.0600. The highest BCUT2D eigenvalue weighted by atomic mass is 79.9. The number of rotatable bonds is 3. The second kappa shape index (κ2) is 6.46. The lowest BCUT2D eigenvalue weighted by Gasteiger charge is -2.37. The standard InChI is InChI=1S/C16H21BrN2O2/c1-21-16(20)12-4-5-13(15(17)9-12)10-18-7-8-19-6-2-3-14(19)11-18/h4-5,9,14H,2-3,6-8,10-11H2,1H3. The minimum absolute atomic E-state index is 0.290. The van der Waals surface area contributed by atoms with Crippen LogP contribution in [-0.4, -0.2) is 55.1 Å². The minimum atomic E-state index is -0.290. The van der Waals surface area contributed by atoms with Crippen LogP contribution in [0.3, 0.4) is 0 Å². The molecule has 1 unspecified atom stereocenters. The number of halogens is 1. The Labute approximate surface area is 134 Å². The zero-order chi connectivity index (χ0) is 14.8. The number of benzene rings is 1. The van der Waals surface area contributed by atoms with E-state index in [2.05, 4.69) is 25.7 Å². The number of hydrogen-bond donors (Lipinski definition) is 0. The Morgan fingerprint density at radius 1 is 1.38 bits per heavy atom. The zero-order valence-corrected chi connectivity index (χ0v) is 13.9. The van der Waals surface area contributed by atoms with Crippen molar-refractivity contribution in [2.45, 2.75) is 25.4 Å². The second-order valence-corrected chi connectivity index (χ2v) is 6.72. The van der Waals surface area contributed by atoms with E-state index in [1.807, 2.05) is 18.2 Å². The highest BCUT2D eigenvalue weighted by Crippen LogP contribution is 2.25. The summed E-state index contributed by atoms with van der Waals surface area (Å²) in [7, 11) is 1.41. The van der Waals surface area contributed by atoms with Crippen molar-refractivity contribution < 1.29 is 9.53 Å². The molecule has 1 aromatic rings. The number of methoxy groups -OCH3 is 1. The van der Waals surface area contributed by atoms with Crippen LogP contribution < -0.4 is 0 Å². The van der Waals surface area contributed by atoms with Crippen molar-refractivity contribution in [2.75, 3.05) is 33.3 Å². The molecule has 21 heavy (non-hydrogen) atoms. The summed E-state index contributed by atoms with van der Waals surface area (Å²) in [4.78, 5) is 16.7. The molecule has 0 radical (unpaired) electrons. The molecule has 0 amide bonds. The third-order valence-corrected chi connectivity index (χ3v) is 5.28. The van der Waals surface area contributed by atoms with E-state index >= 15 is 0 Å². The highest BCUT2D eigenvalue weighted by Gasteiger charge is 2.30. The van der Waals surface area contributed by atoms with Gasteiger partial charge in [0.25, 0.3) is 0 Å². The van der Waals surface area contributed by atoms with Gasteiger partial charge in [-0.1, -0.05) is 22.0 Å². The third kappa shape index (κ3) is 3.30. The van der Waals surface area contributed by atoms with Gasteiger partial charge >= 0.3 is 5.97 Å². The molecule has 2 fully saturated rings. The third-order valence-electron chi connectivity index (χ3n) is 4.54. The van der Waals surface area contributed by atoms with Gasteiger partial charge in [0.05, 0.1) is 12.7 Å². The van der Waals surface area contributed by atoms with Crippen LogP contribution in [0.25, 0.3) is 0 Å². The van der Waals surface area contributed by atoms with Crippen LogP contribution in [0.4, 0.5) is 0 Å². The molecule has 4 nitrogen and oxygen atoms in total. The average Bonchev–Trinajstić information content (AvgIpc) is 2.96. The first-order valence-electron chi connectivity index (χ1n) is 7.50. The topological polar surface area (TPSA) is 32.8 Å². The maximum absolute atomic E-state index is 11.5. The van der Waals surface area contributed by atoms with Gasteiger partial charge in [0.2, 0.25) is 0 Å². The number of nitrogens with zero attached hydrogens (tertiary/aromatic N) is 2. The number of esters is 1.